The molecule has 0 saturated carbocycles. The second-order valence-corrected chi connectivity index (χ2v) is 6.52. The summed E-state index contributed by atoms with van der Waals surface area (Å²) >= 11 is 0. The monoisotopic (exact) mass is 402 g/mol. The predicted octanol–water partition coefficient (Wildman–Crippen LogP) is 0.0522. The van der Waals surface area contributed by atoms with Crippen LogP contribution >= 0.6 is 0 Å². The molecule has 0 aromatic carbocycles. The molecule has 0 aromatic heterocycles. The van der Waals surface area contributed by atoms with Gasteiger partial charge in [-0.15, -0.1) is 0 Å². The molecule has 28 heavy (non-hydrogen) atoms. The molecule has 1 fully saturated rings. The van der Waals surface area contributed by atoms with Gasteiger partial charge in [-0.3, -0.25) is 4.79 Å². The van der Waals surface area contributed by atoms with Crippen molar-refractivity contribution < 1.29 is 48.0 Å². The highest BCUT2D eigenvalue weighted by molar-refractivity contribution is 6.05. The van der Waals surface area contributed by atoms with Gasteiger partial charge in [-0.05, 0) is 20.3 Å². The Morgan fingerprint density at radius 2 is 1.68 bits per heavy atom. The van der Waals surface area contributed by atoms with E-state index in [-0.39, 0.29) is 6.42 Å². The number of Topliss-reactive ketones (excluding diaryl/α,β-unsaturated/α-hetero) is 1. The molecule has 10 heteroatoms. The molecule has 1 heterocycles. The van der Waals surface area contributed by atoms with Gasteiger partial charge < -0.3 is 28.8 Å². The third-order valence-corrected chi connectivity index (χ3v) is 4.10. The van der Waals surface area contributed by atoms with E-state index in [0.29, 0.717) is 12.5 Å². The van der Waals surface area contributed by atoms with Crippen LogP contribution < -0.4 is 0 Å². The molecule has 0 bridgehead atoms. The van der Waals surface area contributed by atoms with Crippen LogP contribution in [0.25, 0.3) is 0 Å². The largest absolute Gasteiger partial charge is 0.467 e. The molecule has 0 aliphatic carbocycles. The van der Waals surface area contributed by atoms with Crippen LogP contribution in [-0.2, 0) is 42.9 Å². The van der Waals surface area contributed by atoms with Crippen molar-refractivity contribution in [2.75, 3.05) is 21.3 Å². The Balaban J connectivity index is 3.65. The highest BCUT2D eigenvalue weighted by Gasteiger charge is 2.62. The number of hydrogen-bond donors (Lipinski definition) is 1. The molecule has 1 N–H and O–H groups in total. The van der Waals surface area contributed by atoms with Crippen molar-refractivity contribution >= 4 is 23.7 Å². The van der Waals surface area contributed by atoms with E-state index >= 15 is 0 Å². The van der Waals surface area contributed by atoms with Crippen LogP contribution in [0.5, 0.6) is 0 Å². The number of carbonyl (C=O) groups excluding carboxylic acids is 4. The molecule has 1 rings (SSSR count). The maximum absolute atomic E-state index is 12.6. The molecule has 1 saturated heterocycles. The van der Waals surface area contributed by atoms with Crippen molar-refractivity contribution in [3.8, 4) is 0 Å². The van der Waals surface area contributed by atoms with E-state index in [4.69, 9.17) is 9.47 Å². The summed E-state index contributed by atoms with van der Waals surface area (Å²) in [7, 11) is 2.99. The molecule has 0 radical (unpaired) electrons. The van der Waals surface area contributed by atoms with Crippen molar-refractivity contribution in [1.29, 1.82) is 0 Å². The zero-order chi connectivity index (χ0) is 21.7. The summed E-state index contributed by atoms with van der Waals surface area (Å²) in [4.78, 5) is 49.2. The van der Waals surface area contributed by atoms with E-state index in [0.717, 1.165) is 21.3 Å². The molecule has 158 valence electrons. The number of ether oxygens (including phenoxy) is 5. The lowest BCUT2D eigenvalue weighted by Crippen LogP contribution is -2.59. The topological polar surface area (TPSA) is 135 Å². The van der Waals surface area contributed by atoms with Gasteiger partial charge >= 0.3 is 17.9 Å². The van der Waals surface area contributed by atoms with E-state index < -0.39 is 52.9 Å². The number of esters is 3. The van der Waals surface area contributed by atoms with Crippen LogP contribution in [0.4, 0.5) is 0 Å². The zero-order valence-electron chi connectivity index (χ0n) is 16.8. The lowest BCUT2D eigenvalue weighted by atomic mass is 9.82. The molecule has 0 unspecified atom stereocenters. The van der Waals surface area contributed by atoms with E-state index in [1.165, 1.54) is 13.8 Å². The van der Waals surface area contributed by atoms with Crippen LogP contribution in [-0.4, -0.2) is 73.7 Å². The van der Waals surface area contributed by atoms with Crippen molar-refractivity contribution in [3.63, 3.8) is 0 Å². The van der Waals surface area contributed by atoms with Crippen LogP contribution in [0.1, 0.15) is 33.6 Å². The van der Waals surface area contributed by atoms with E-state index in [9.17, 15) is 24.3 Å². The number of aliphatic hydroxyl groups is 1. The van der Waals surface area contributed by atoms with Gasteiger partial charge in [-0.25, -0.2) is 14.4 Å². The Hall–Kier alpha value is -2.30. The summed E-state index contributed by atoms with van der Waals surface area (Å²) in [6.45, 7) is 4.70. The minimum absolute atomic E-state index is 0.0755. The smallest absolute Gasteiger partial charge is 0.345 e. The van der Waals surface area contributed by atoms with E-state index in [2.05, 4.69) is 14.2 Å². The number of carbonyl (C=O) groups is 4. The van der Waals surface area contributed by atoms with Gasteiger partial charge in [0, 0.05) is 12.5 Å². The van der Waals surface area contributed by atoms with Gasteiger partial charge in [-0.1, -0.05) is 6.92 Å². The fourth-order valence-electron chi connectivity index (χ4n) is 2.84. The average molecular weight is 402 g/mol. The van der Waals surface area contributed by atoms with E-state index in [1.54, 1.807) is 6.92 Å². The standard InChI is InChI=1S/C18H26O10/c1-7-8-11(19)13-14(28-17(2,3)27-13)18(23,16(22)26-6)10(15(21)25-5)9-12(20)24-4/h9,13-14,23H,7-8H2,1-6H3/b10-9+/t13-,14+,18-/m0/s1. The maximum atomic E-state index is 12.6. The molecular weight excluding hydrogens is 376 g/mol. The summed E-state index contributed by atoms with van der Waals surface area (Å²) in [5.74, 6) is -5.42. The predicted molar refractivity (Wildman–Crippen MR) is 92.8 cm³/mol. The summed E-state index contributed by atoms with van der Waals surface area (Å²) in [5, 5.41) is 11.3. The zero-order valence-corrected chi connectivity index (χ0v) is 16.8. The summed E-state index contributed by atoms with van der Waals surface area (Å²) in [5.41, 5.74) is -3.69. The highest BCUT2D eigenvalue weighted by atomic mass is 16.8. The normalized spacial score (nSPS) is 23.5. The Morgan fingerprint density at radius 3 is 2.14 bits per heavy atom. The van der Waals surface area contributed by atoms with Crippen molar-refractivity contribution in [1.82, 2.24) is 0 Å². The van der Waals surface area contributed by atoms with Crippen LogP contribution in [0.3, 0.4) is 0 Å². The molecule has 0 aromatic rings. The molecule has 1 aliphatic rings. The Morgan fingerprint density at radius 1 is 1.07 bits per heavy atom. The van der Waals surface area contributed by atoms with Crippen molar-refractivity contribution in [2.24, 2.45) is 0 Å². The first-order valence-electron chi connectivity index (χ1n) is 8.56. The van der Waals surface area contributed by atoms with Gasteiger partial charge in [0.15, 0.2) is 11.6 Å². The lowest BCUT2D eigenvalue weighted by molar-refractivity contribution is -0.187. The highest BCUT2D eigenvalue weighted by Crippen LogP contribution is 2.39. The van der Waals surface area contributed by atoms with Crippen LogP contribution in [0.15, 0.2) is 11.6 Å². The average Bonchev–Trinajstić information content (AvgIpc) is 3.00. The first-order valence-corrected chi connectivity index (χ1v) is 8.56. The van der Waals surface area contributed by atoms with Gasteiger partial charge in [0.2, 0.25) is 5.60 Å². The summed E-state index contributed by atoms with van der Waals surface area (Å²) < 4.78 is 24.9. The number of ketones is 1. The number of hydrogen-bond acceptors (Lipinski definition) is 10. The summed E-state index contributed by atoms with van der Waals surface area (Å²) in [6.07, 6.45) is -1.94. The van der Waals surface area contributed by atoms with Crippen LogP contribution in [0, 0.1) is 0 Å². The number of rotatable bonds is 8. The second-order valence-electron chi connectivity index (χ2n) is 6.52. The molecule has 0 amide bonds. The van der Waals surface area contributed by atoms with E-state index in [1.807, 2.05) is 0 Å². The lowest BCUT2D eigenvalue weighted by Gasteiger charge is -2.33. The SMILES string of the molecule is CCCC(=O)[C@@H]1OC(C)(C)O[C@H]1[C@](O)(C(=O)OC)/C(=C/C(=O)OC)C(=O)OC. The fourth-order valence-corrected chi connectivity index (χ4v) is 2.84. The molecule has 10 nitrogen and oxygen atoms in total. The molecule has 0 spiro atoms. The first kappa shape index (κ1) is 23.7. The Bertz CT molecular complexity index is 665. The van der Waals surface area contributed by atoms with Gasteiger partial charge in [-0.2, -0.15) is 0 Å². The Kier molecular flexibility index (Phi) is 7.85. The molecular formula is C18H26O10. The quantitative estimate of drug-likeness (QED) is 0.337. The van der Waals surface area contributed by atoms with Gasteiger partial charge in [0.05, 0.1) is 26.9 Å². The van der Waals surface area contributed by atoms with Gasteiger partial charge in [0.25, 0.3) is 0 Å². The first-order chi connectivity index (χ1) is 13.0. The minimum Gasteiger partial charge on any atom is -0.467 e. The minimum atomic E-state index is -2.88. The molecule has 1 aliphatic heterocycles. The fraction of sp³-hybridized carbons (Fsp3) is 0.667. The number of methoxy groups -OCH3 is 3. The third kappa shape index (κ3) is 4.75. The van der Waals surface area contributed by atoms with Gasteiger partial charge in [0.1, 0.15) is 12.2 Å². The van der Waals surface area contributed by atoms with Crippen LogP contribution in [0.2, 0.25) is 0 Å². The molecule has 3 atom stereocenters. The second kappa shape index (κ2) is 9.26. The maximum Gasteiger partial charge on any atom is 0.345 e. The van der Waals surface area contributed by atoms with Crippen molar-refractivity contribution in [3.05, 3.63) is 11.6 Å². The van der Waals surface area contributed by atoms with Crippen molar-refractivity contribution in [2.45, 2.75) is 57.2 Å². The summed E-state index contributed by atoms with van der Waals surface area (Å²) in [6, 6.07) is 0. The Labute approximate surface area is 162 Å². The third-order valence-electron chi connectivity index (χ3n) is 4.10.